The molecule has 1 unspecified atom stereocenters. The lowest BCUT2D eigenvalue weighted by Crippen LogP contribution is -2.34. The molecular weight excluding hydrogens is 234 g/mol. The predicted molar refractivity (Wildman–Crippen MR) is 62.2 cm³/mol. The number of hydrogen-bond acceptors (Lipinski definition) is 5. The Balaban J connectivity index is 0. The van der Waals surface area contributed by atoms with Crippen molar-refractivity contribution >= 4 is 16.0 Å². The van der Waals surface area contributed by atoms with Gasteiger partial charge in [-0.1, -0.05) is 13.3 Å². The van der Waals surface area contributed by atoms with Crippen molar-refractivity contribution in [2.75, 3.05) is 12.3 Å². The highest BCUT2D eigenvalue weighted by atomic mass is 32.2. The van der Waals surface area contributed by atoms with Gasteiger partial charge in [0.15, 0.2) is 0 Å². The molecule has 0 aliphatic heterocycles. The fourth-order valence-electron chi connectivity index (χ4n) is 0.668. The lowest BCUT2D eigenvalue weighted by atomic mass is 10.2. The Morgan fingerprint density at radius 2 is 1.94 bits per heavy atom. The fourth-order valence-corrected chi connectivity index (χ4v) is 1.32. The van der Waals surface area contributed by atoms with Crippen molar-refractivity contribution in [2.45, 2.75) is 32.2 Å². The molecule has 0 bridgehead atoms. The summed E-state index contributed by atoms with van der Waals surface area (Å²) >= 11 is 0. The molecule has 16 heavy (non-hydrogen) atoms. The minimum atomic E-state index is -3.69. The van der Waals surface area contributed by atoms with Crippen LogP contribution in [0, 0.1) is 0 Å². The smallest absolute Gasteiger partial charge is 0.264 e. The molecule has 0 aliphatic carbocycles. The predicted octanol–water partition coefficient (Wildman–Crippen LogP) is -1.18. The molecule has 0 saturated heterocycles. The van der Waals surface area contributed by atoms with Crippen LogP contribution in [0.15, 0.2) is 0 Å². The Morgan fingerprint density at radius 1 is 1.44 bits per heavy atom. The third kappa shape index (κ3) is 19.0. The van der Waals surface area contributed by atoms with Gasteiger partial charge in [-0.15, -0.1) is 0 Å². The average Bonchev–Trinajstić information content (AvgIpc) is 2.13. The summed E-state index contributed by atoms with van der Waals surface area (Å²) in [4.78, 5) is 10.1. The molecule has 7 N–H and O–H groups in total. The molecule has 0 saturated carbocycles. The van der Waals surface area contributed by atoms with Crippen LogP contribution in [-0.2, 0) is 14.9 Å². The van der Waals surface area contributed by atoms with E-state index < -0.39 is 16.0 Å². The highest BCUT2D eigenvalue weighted by Crippen LogP contribution is 1.90. The molecule has 98 valence electrons. The molecule has 1 amide bonds. The minimum Gasteiger partial charge on any atom is -0.370 e. The van der Waals surface area contributed by atoms with Crippen LogP contribution in [0.4, 0.5) is 0 Å². The zero-order valence-electron chi connectivity index (χ0n) is 9.43. The van der Waals surface area contributed by atoms with Crippen LogP contribution in [0.2, 0.25) is 0 Å². The first-order valence-electron chi connectivity index (χ1n) is 4.92. The second-order valence-electron chi connectivity index (χ2n) is 3.31. The third-order valence-electron chi connectivity index (χ3n) is 1.52. The maximum Gasteiger partial charge on any atom is 0.264 e. The summed E-state index contributed by atoms with van der Waals surface area (Å²) in [5.74, 6) is -0.508. The van der Waals surface area contributed by atoms with E-state index in [0.717, 1.165) is 6.42 Å². The van der Waals surface area contributed by atoms with Gasteiger partial charge in [-0.25, -0.2) is 0 Å². The maximum atomic E-state index is 10.1. The van der Waals surface area contributed by atoms with E-state index in [1.54, 1.807) is 0 Å². The van der Waals surface area contributed by atoms with Crippen LogP contribution in [0.3, 0.4) is 0 Å². The van der Waals surface area contributed by atoms with E-state index in [-0.39, 0.29) is 18.2 Å². The molecular formula is C8H21N3O4S. The number of nitrogens with two attached hydrogens (primary N) is 3. The quantitative estimate of drug-likeness (QED) is 0.439. The van der Waals surface area contributed by atoms with Crippen molar-refractivity contribution in [2.24, 2.45) is 17.2 Å². The van der Waals surface area contributed by atoms with Crippen molar-refractivity contribution in [1.29, 1.82) is 0 Å². The zero-order chi connectivity index (χ0) is 13.2. The molecule has 0 rings (SSSR count). The molecule has 0 aromatic rings. The third-order valence-corrected chi connectivity index (χ3v) is 2.33. The van der Waals surface area contributed by atoms with Gasteiger partial charge >= 0.3 is 0 Å². The lowest BCUT2D eigenvalue weighted by molar-refractivity contribution is -0.118. The Morgan fingerprint density at radius 3 is 2.06 bits per heavy atom. The van der Waals surface area contributed by atoms with Crippen LogP contribution < -0.4 is 17.2 Å². The number of carbonyl (C=O) groups excluding carboxylic acids is 1. The van der Waals surface area contributed by atoms with Crippen LogP contribution in [0.1, 0.15) is 26.2 Å². The molecule has 0 radical (unpaired) electrons. The Kier molecular flexibility index (Phi) is 10.5. The summed E-state index contributed by atoms with van der Waals surface area (Å²) in [5.41, 5.74) is 15.1. The van der Waals surface area contributed by atoms with E-state index in [2.05, 4.69) is 0 Å². The number of unbranched alkanes of at least 4 members (excludes halogenated alkanes) is 1. The van der Waals surface area contributed by atoms with E-state index in [9.17, 15) is 13.2 Å². The first kappa shape index (κ1) is 17.7. The summed E-state index contributed by atoms with van der Waals surface area (Å²) in [6, 6.07) is -0.271. The van der Waals surface area contributed by atoms with Gasteiger partial charge in [-0.2, -0.15) is 8.42 Å². The van der Waals surface area contributed by atoms with E-state index in [1.807, 2.05) is 6.92 Å². The molecule has 1 atom stereocenters. The van der Waals surface area contributed by atoms with E-state index in [1.165, 1.54) is 0 Å². The Hall–Kier alpha value is -0.700. The molecule has 8 heteroatoms. The minimum absolute atomic E-state index is 0.108. The summed E-state index contributed by atoms with van der Waals surface area (Å²) in [6.07, 6.45) is 1.51. The summed E-state index contributed by atoms with van der Waals surface area (Å²) in [7, 11) is -3.69. The molecule has 0 spiro atoms. The van der Waals surface area contributed by atoms with Crippen molar-refractivity contribution < 1.29 is 17.8 Å². The Labute approximate surface area is 96.1 Å². The summed E-state index contributed by atoms with van der Waals surface area (Å²) < 4.78 is 28.0. The van der Waals surface area contributed by atoms with Crippen molar-refractivity contribution in [3.8, 4) is 0 Å². The molecule has 7 nitrogen and oxygen atoms in total. The van der Waals surface area contributed by atoms with E-state index in [0.29, 0.717) is 13.0 Å². The van der Waals surface area contributed by atoms with Gasteiger partial charge in [0.1, 0.15) is 0 Å². The summed E-state index contributed by atoms with van der Waals surface area (Å²) in [5, 5.41) is 0. The Bertz CT molecular complexity index is 279. The average molecular weight is 255 g/mol. The normalized spacial score (nSPS) is 12.5. The van der Waals surface area contributed by atoms with Gasteiger partial charge in [-0.3, -0.25) is 9.35 Å². The standard InChI is InChI=1S/C4H11N3O.C4H10O3S/c5-2-3(6)1-4(7)8;1-2-3-4-8(5,6)7/h3H,1-2,5-6H2,(H2,7,8);2-4H2,1H3,(H,5,6,7). The van der Waals surface area contributed by atoms with Crippen LogP contribution in [0.25, 0.3) is 0 Å². The molecule has 0 aliphatic rings. The van der Waals surface area contributed by atoms with E-state index >= 15 is 0 Å². The highest BCUT2D eigenvalue weighted by molar-refractivity contribution is 7.85. The van der Waals surface area contributed by atoms with Gasteiger partial charge in [0.25, 0.3) is 10.1 Å². The largest absolute Gasteiger partial charge is 0.370 e. The number of primary amides is 1. The lowest BCUT2D eigenvalue weighted by Gasteiger charge is -2.02. The molecule has 0 aromatic heterocycles. The SMILES string of the molecule is CCCCS(=O)(=O)O.NCC(N)CC(N)=O. The highest BCUT2D eigenvalue weighted by Gasteiger charge is 2.01. The number of rotatable bonds is 6. The van der Waals surface area contributed by atoms with Gasteiger partial charge < -0.3 is 17.2 Å². The first-order valence-corrected chi connectivity index (χ1v) is 6.53. The zero-order valence-corrected chi connectivity index (χ0v) is 10.2. The van der Waals surface area contributed by atoms with Gasteiger partial charge in [0.05, 0.1) is 5.75 Å². The molecule has 0 heterocycles. The van der Waals surface area contributed by atoms with E-state index in [4.69, 9.17) is 21.8 Å². The van der Waals surface area contributed by atoms with Gasteiger partial charge in [-0.05, 0) is 6.42 Å². The monoisotopic (exact) mass is 255 g/mol. The van der Waals surface area contributed by atoms with Gasteiger partial charge in [0.2, 0.25) is 5.91 Å². The van der Waals surface area contributed by atoms with Crippen molar-refractivity contribution in [3.63, 3.8) is 0 Å². The molecule has 0 aromatic carbocycles. The second kappa shape index (κ2) is 9.52. The first-order chi connectivity index (χ1) is 7.22. The number of amides is 1. The second-order valence-corrected chi connectivity index (χ2v) is 4.88. The van der Waals surface area contributed by atoms with Crippen molar-refractivity contribution in [1.82, 2.24) is 0 Å². The molecule has 0 fully saturated rings. The number of carbonyl (C=O) groups is 1. The van der Waals surface area contributed by atoms with Crippen LogP contribution >= 0.6 is 0 Å². The maximum absolute atomic E-state index is 10.1. The summed E-state index contributed by atoms with van der Waals surface area (Å²) in [6.45, 7) is 2.17. The number of hydrogen-bond donors (Lipinski definition) is 4. The van der Waals surface area contributed by atoms with Gasteiger partial charge in [0, 0.05) is 19.0 Å². The van der Waals surface area contributed by atoms with Crippen LogP contribution in [0.5, 0.6) is 0 Å². The topological polar surface area (TPSA) is 150 Å². The van der Waals surface area contributed by atoms with Crippen molar-refractivity contribution in [3.05, 3.63) is 0 Å². The fraction of sp³-hybridized carbons (Fsp3) is 0.875. The van der Waals surface area contributed by atoms with Crippen LogP contribution in [-0.4, -0.2) is 37.2 Å².